The fourth-order valence-corrected chi connectivity index (χ4v) is 4.02. The van der Waals surface area contributed by atoms with Crippen LogP contribution in [0.5, 0.6) is 0 Å². The van der Waals surface area contributed by atoms with Gasteiger partial charge in [0.1, 0.15) is 17.3 Å². The summed E-state index contributed by atoms with van der Waals surface area (Å²) in [5, 5.41) is 14.1. The highest BCUT2D eigenvalue weighted by Gasteiger charge is 2.24. The predicted octanol–water partition coefficient (Wildman–Crippen LogP) is -0.946. The third-order valence-corrected chi connectivity index (χ3v) is 5.33. The van der Waals surface area contributed by atoms with E-state index in [1.54, 1.807) is 11.1 Å². The molecule has 0 radical (unpaired) electrons. The Morgan fingerprint density at radius 2 is 2.15 bits per heavy atom. The van der Waals surface area contributed by atoms with Gasteiger partial charge in [-0.15, -0.1) is 4.83 Å². The highest BCUT2D eigenvalue weighted by Crippen LogP contribution is 2.26. The average molecular weight is 375 g/mol. The molecule has 5 N–H and O–H groups in total. The number of nitrogens with two attached hydrogens (primary N) is 1. The Hall–Kier alpha value is -2.78. The molecule has 136 valence electrons. The molecule has 0 saturated carbocycles. The van der Waals surface area contributed by atoms with Crippen molar-refractivity contribution in [2.75, 3.05) is 26.2 Å². The molecular formula is C15H17N7O3S. The summed E-state index contributed by atoms with van der Waals surface area (Å²) in [6.45, 7) is 2.42. The normalized spacial score (nSPS) is 16.5. The fourth-order valence-electron chi connectivity index (χ4n) is 2.68. The second kappa shape index (κ2) is 7.22. The number of nitrogens with one attached hydrogen (secondary N) is 3. The molecular weight excluding hydrogens is 358 g/mol. The second-order valence-electron chi connectivity index (χ2n) is 5.64. The fraction of sp³-hybridized carbons (Fsp3) is 0.267. The van der Waals surface area contributed by atoms with Crippen LogP contribution in [0.3, 0.4) is 0 Å². The number of hydrazine groups is 1. The van der Waals surface area contributed by atoms with E-state index in [1.807, 2.05) is 0 Å². The minimum Gasteiger partial charge on any atom is -0.365 e. The summed E-state index contributed by atoms with van der Waals surface area (Å²) in [6, 6.07) is 3.07. The number of amides is 1. The zero-order valence-electron chi connectivity index (χ0n) is 13.7. The second-order valence-corrected chi connectivity index (χ2v) is 7.27. The van der Waals surface area contributed by atoms with Crippen molar-refractivity contribution in [1.82, 2.24) is 25.1 Å². The zero-order chi connectivity index (χ0) is 18.7. The van der Waals surface area contributed by atoms with E-state index < -0.39 is 15.9 Å². The smallest absolute Gasteiger partial charge is 0.259 e. The largest absolute Gasteiger partial charge is 0.365 e. The maximum absolute atomic E-state index is 12.9. The summed E-state index contributed by atoms with van der Waals surface area (Å²) < 4.78 is 25.7. The lowest BCUT2D eigenvalue weighted by Gasteiger charge is -2.27. The van der Waals surface area contributed by atoms with E-state index in [1.165, 1.54) is 24.5 Å². The molecule has 1 fully saturated rings. The number of hydrogen-bond acceptors (Lipinski definition) is 7. The van der Waals surface area contributed by atoms with Gasteiger partial charge < -0.3 is 16.0 Å². The number of sulfonamides is 1. The molecule has 10 nitrogen and oxygen atoms in total. The van der Waals surface area contributed by atoms with Crippen LogP contribution in [0.4, 0.5) is 0 Å². The van der Waals surface area contributed by atoms with Crippen molar-refractivity contribution in [2.45, 2.75) is 4.90 Å². The van der Waals surface area contributed by atoms with E-state index in [-0.39, 0.29) is 15.9 Å². The SMILES string of the molecule is N#CC(=Cc1c[nH]c2nccc(S(=O)(=O)NN3CCNCC3)c12)C(N)=O. The number of carbonyl (C=O) groups excluding carboxylic acids is 1. The molecule has 0 unspecified atom stereocenters. The number of carbonyl (C=O) groups is 1. The van der Waals surface area contributed by atoms with Crippen molar-refractivity contribution in [1.29, 1.82) is 5.26 Å². The number of piperazine rings is 1. The van der Waals surface area contributed by atoms with Crippen molar-refractivity contribution in [3.63, 3.8) is 0 Å². The zero-order valence-corrected chi connectivity index (χ0v) is 14.5. The summed E-state index contributed by atoms with van der Waals surface area (Å²) >= 11 is 0. The van der Waals surface area contributed by atoms with Gasteiger partial charge >= 0.3 is 0 Å². The number of fused-ring (bicyclic) bond motifs is 1. The van der Waals surface area contributed by atoms with Crippen molar-refractivity contribution < 1.29 is 13.2 Å². The lowest BCUT2D eigenvalue weighted by molar-refractivity contribution is -0.114. The van der Waals surface area contributed by atoms with Gasteiger partial charge in [-0.1, -0.05) is 0 Å². The maximum Gasteiger partial charge on any atom is 0.259 e. The molecule has 1 aliphatic rings. The number of aromatic amines is 1. The van der Waals surface area contributed by atoms with E-state index in [0.29, 0.717) is 37.4 Å². The van der Waals surface area contributed by atoms with E-state index in [0.717, 1.165) is 0 Å². The topological polar surface area (TPSA) is 157 Å². The molecule has 0 aliphatic carbocycles. The van der Waals surface area contributed by atoms with E-state index in [2.05, 4.69) is 20.1 Å². The Morgan fingerprint density at radius 3 is 2.81 bits per heavy atom. The number of nitriles is 1. The monoisotopic (exact) mass is 375 g/mol. The van der Waals surface area contributed by atoms with Crippen molar-refractivity contribution in [3.05, 3.63) is 29.6 Å². The summed E-state index contributed by atoms with van der Waals surface area (Å²) in [4.78, 5) is 20.8. The van der Waals surface area contributed by atoms with Crippen molar-refractivity contribution in [2.24, 2.45) is 5.73 Å². The molecule has 3 heterocycles. The lowest BCUT2D eigenvalue weighted by atomic mass is 10.1. The predicted molar refractivity (Wildman–Crippen MR) is 93.6 cm³/mol. The number of nitrogens with zero attached hydrogens (tertiary/aromatic N) is 3. The van der Waals surface area contributed by atoms with Crippen LogP contribution in [0, 0.1) is 11.3 Å². The van der Waals surface area contributed by atoms with Gasteiger partial charge in [0.2, 0.25) is 0 Å². The Kier molecular flexibility index (Phi) is 5.01. The van der Waals surface area contributed by atoms with Gasteiger partial charge in [-0.2, -0.15) is 5.26 Å². The Labute approximate surface area is 149 Å². The summed E-state index contributed by atoms with van der Waals surface area (Å²) in [5.41, 5.74) is 5.53. The number of rotatable bonds is 5. The summed E-state index contributed by atoms with van der Waals surface area (Å²) in [7, 11) is -3.88. The molecule has 1 aliphatic heterocycles. The molecule has 3 rings (SSSR count). The van der Waals surface area contributed by atoms with Crippen LogP contribution < -0.4 is 15.9 Å². The van der Waals surface area contributed by atoms with Gasteiger partial charge in [-0.25, -0.2) is 18.4 Å². The molecule has 1 amide bonds. The molecule has 1 saturated heterocycles. The molecule has 0 aromatic carbocycles. The number of hydrogen-bond donors (Lipinski definition) is 4. The highest BCUT2D eigenvalue weighted by atomic mass is 32.2. The van der Waals surface area contributed by atoms with Gasteiger partial charge in [0.15, 0.2) is 0 Å². The van der Waals surface area contributed by atoms with Crippen LogP contribution in [0.2, 0.25) is 0 Å². The molecule has 11 heteroatoms. The molecule has 0 bridgehead atoms. The summed E-state index contributed by atoms with van der Waals surface area (Å²) in [6.07, 6.45) is 4.09. The van der Waals surface area contributed by atoms with Crippen LogP contribution >= 0.6 is 0 Å². The Balaban J connectivity index is 2.07. The highest BCUT2D eigenvalue weighted by molar-refractivity contribution is 7.89. The van der Waals surface area contributed by atoms with Crippen LogP contribution in [0.15, 0.2) is 28.9 Å². The van der Waals surface area contributed by atoms with Gasteiger partial charge in [0.25, 0.3) is 15.9 Å². The summed E-state index contributed by atoms with van der Waals surface area (Å²) in [5.74, 6) is -0.894. The van der Waals surface area contributed by atoms with Gasteiger partial charge in [0.05, 0.1) is 4.90 Å². The Bertz CT molecular complexity index is 1010. The first-order valence-corrected chi connectivity index (χ1v) is 9.26. The quantitative estimate of drug-likeness (QED) is 0.388. The minimum absolute atomic E-state index is 0.00436. The number of aromatic nitrogens is 2. The molecule has 0 spiro atoms. The molecule has 26 heavy (non-hydrogen) atoms. The van der Waals surface area contributed by atoms with Gasteiger partial charge in [-0.05, 0) is 12.1 Å². The lowest BCUT2D eigenvalue weighted by Crippen LogP contribution is -2.52. The van der Waals surface area contributed by atoms with Crippen LogP contribution in [0.25, 0.3) is 17.1 Å². The van der Waals surface area contributed by atoms with E-state index >= 15 is 0 Å². The first-order chi connectivity index (χ1) is 12.4. The van der Waals surface area contributed by atoms with Crippen molar-refractivity contribution >= 4 is 33.0 Å². The Morgan fingerprint density at radius 1 is 1.42 bits per heavy atom. The van der Waals surface area contributed by atoms with Crippen molar-refractivity contribution in [3.8, 4) is 6.07 Å². The number of H-pyrrole nitrogens is 1. The standard InChI is InChI=1S/C15H17N7O3S/c16-8-10(14(17)23)7-11-9-20-15-13(11)12(1-2-19-15)26(24,25)21-22-5-3-18-4-6-22/h1-2,7,9,18,21H,3-6H2,(H2,17,23)(H,19,20). The minimum atomic E-state index is -3.88. The van der Waals surface area contributed by atoms with Gasteiger partial charge in [0, 0.05) is 49.5 Å². The van der Waals surface area contributed by atoms with Crippen LogP contribution in [-0.2, 0) is 14.8 Å². The first kappa shape index (κ1) is 18.0. The molecule has 0 atom stereocenters. The number of primary amides is 1. The third-order valence-electron chi connectivity index (χ3n) is 3.91. The average Bonchev–Trinajstić information content (AvgIpc) is 3.02. The van der Waals surface area contributed by atoms with E-state index in [4.69, 9.17) is 11.0 Å². The first-order valence-electron chi connectivity index (χ1n) is 7.78. The van der Waals surface area contributed by atoms with E-state index in [9.17, 15) is 13.2 Å². The molecule has 2 aromatic rings. The number of pyridine rings is 1. The third kappa shape index (κ3) is 3.58. The molecule has 2 aromatic heterocycles. The van der Waals surface area contributed by atoms with Crippen LogP contribution in [-0.4, -0.2) is 55.5 Å². The maximum atomic E-state index is 12.9. The van der Waals surface area contributed by atoms with Crippen LogP contribution in [0.1, 0.15) is 5.56 Å². The van der Waals surface area contributed by atoms with Gasteiger partial charge in [-0.3, -0.25) is 4.79 Å².